The number of carbonyl (C=O) groups is 1. The van der Waals surface area contributed by atoms with Crippen LogP contribution < -0.4 is 0 Å². The summed E-state index contributed by atoms with van der Waals surface area (Å²) in [6.07, 6.45) is 1.48. The Balaban J connectivity index is 2.33. The minimum absolute atomic E-state index is 0.366. The van der Waals surface area contributed by atoms with E-state index in [9.17, 15) is 9.18 Å². The van der Waals surface area contributed by atoms with Gasteiger partial charge in [-0.2, -0.15) is 0 Å². The maximum Gasteiger partial charge on any atom is 0.338 e. The number of pyridine rings is 1. The predicted octanol–water partition coefficient (Wildman–Crippen LogP) is 4.49. The zero-order valence-corrected chi connectivity index (χ0v) is 12.4. The van der Waals surface area contributed by atoms with E-state index in [0.717, 1.165) is 6.07 Å². The van der Waals surface area contributed by atoms with Gasteiger partial charge in [0.1, 0.15) is 10.8 Å². The molecule has 1 aromatic heterocycles. The van der Waals surface area contributed by atoms with Crippen LogP contribution in [0.1, 0.15) is 10.4 Å². The van der Waals surface area contributed by atoms with Gasteiger partial charge in [-0.1, -0.05) is 23.4 Å². The van der Waals surface area contributed by atoms with Gasteiger partial charge in [0.05, 0.1) is 15.1 Å². The molecule has 0 aliphatic rings. The van der Waals surface area contributed by atoms with Gasteiger partial charge >= 0.3 is 5.97 Å². The smallest absolute Gasteiger partial charge is 0.338 e. The molecule has 0 spiro atoms. The van der Waals surface area contributed by atoms with E-state index in [1.54, 1.807) is 6.07 Å². The Morgan fingerprint density at radius 3 is 2.79 bits per heavy atom. The lowest BCUT2D eigenvalue weighted by Gasteiger charge is -2.05. The van der Waals surface area contributed by atoms with Gasteiger partial charge in [-0.15, -0.1) is 0 Å². The topological polar surface area (TPSA) is 50.2 Å². The van der Waals surface area contributed by atoms with Crippen LogP contribution in [0.3, 0.4) is 0 Å². The lowest BCUT2D eigenvalue weighted by atomic mass is 10.2. The Kier molecular flexibility index (Phi) is 4.44. The van der Waals surface area contributed by atoms with Crippen molar-refractivity contribution in [3.8, 4) is 0 Å². The molecule has 98 valence electrons. The normalized spacial score (nSPS) is 10.5. The Morgan fingerprint density at radius 1 is 1.42 bits per heavy atom. The van der Waals surface area contributed by atoms with Gasteiger partial charge in [-0.3, -0.25) is 0 Å². The van der Waals surface area contributed by atoms with Gasteiger partial charge in [-0.25, -0.2) is 14.2 Å². The van der Waals surface area contributed by atoms with E-state index in [2.05, 4.69) is 20.9 Å². The SMILES string of the molecule is O=C(O)c1cc(Sc2ncc(Cl)cc2Br)ccc1F. The van der Waals surface area contributed by atoms with E-state index in [1.807, 2.05) is 0 Å². The summed E-state index contributed by atoms with van der Waals surface area (Å²) in [5.74, 6) is -2.07. The predicted molar refractivity (Wildman–Crippen MR) is 74.4 cm³/mol. The first kappa shape index (κ1) is 14.3. The van der Waals surface area contributed by atoms with E-state index in [-0.39, 0.29) is 5.56 Å². The maximum absolute atomic E-state index is 13.3. The second-order valence-electron chi connectivity index (χ2n) is 3.49. The molecule has 19 heavy (non-hydrogen) atoms. The molecule has 2 rings (SSSR count). The van der Waals surface area contributed by atoms with Crippen LogP contribution >= 0.6 is 39.3 Å². The molecule has 1 aromatic carbocycles. The van der Waals surface area contributed by atoms with Crippen LogP contribution in [0.2, 0.25) is 5.02 Å². The molecule has 0 atom stereocenters. The Morgan fingerprint density at radius 2 is 2.16 bits per heavy atom. The first-order valence-electron chi connectivity index (χ1n) is 4.99. The molecule has 7 heteroatoms. The van der Waals surface area contributed by atoms with Crippen molar-refractivity contribution in [2.45, 2.75) is 9.92 Å². The molecule has 0 unspecified atom stereocenters. The van der Waals surface area contributed by atoms with Crippen LogP contribution in [-0.2, 0) is 0 Å². The quantitative estimate of drug-likeness (QED) is 0.874. The molecule has 2 aromatic rings. The number of hydrogen-bond acceptors (Lipinski definition) is 3. The van der Waals surface area contributed by atoms with Gasteiger partial charge in [-0.05, 0) is 40.2 Å². The van der Waals surface area contributed by atoms with Crippen molar-refractivity contribution in [2.24, 2.45) is 0 Å². The third-order valence-corrected chi connectivity index (χ3v) is 4.24. The van der Waals surface area contributed by atoms with Crippen molar-refractivity contribution < 1.29 is 14.3 Å². The average molecular weight is 363 g/mol. The van der Waals surface area contributed by atoms with Crippen molar-refractivity contribution in [2.75, 3.05) is 0 Å². The number of halogens is 3. The number of hydrogen-bond donors (Lipinski definition) is 1. The van der Waals surface area contributed by atoms with Crippen LogP contribution in [-0.4, -0.2) is 16.1 Å². The van der Waals surface area contributed by atoms with E-state index < -0.39 is 11.8 Å². The highest BCUT2D eigenvalue weighted by Gasteiger charge is 2.12. The van der Waals surface area contributed by atoms with E-state index in [4.69, 9.17) is 16.7 Å². The summed E-state index contributed by atoms with van der Waals surface area (Å²) in [7, 11) is 0. The largest absolute Gasteiger partial charge is 0.478 e. The van der Waals surface area contributed by atoms with Gasteiger partial charge < -0.3 is 5.11 Å². The maximum atomic E-state index is 13.3. The van der Waals surface area contributed by atoms with Crippen LogP contribution in [0.25, 0.3) is 0 Å². The first-order chi connectivity index (χ1) is 8.97. The number of aromatic carboxylic acids is 1. The molecule has 0 saturated heterocycles. The Bertz CT molecular complexity index is 654. The molecular weight excluding hydrogens is 357 g/mol. The molecule has 3 nitrogen and oxygen atoms in total. The molecule has 0 aliphatic carbocycles. The fourth-order valence-corrected chi connectivity index (χ4v) is 3.00. The Labute approximate surface area is 125 Å². The molecule has 0 bridgehead atoms. The van der Waals surface area contributed by atoms with E-state index in [0.29, 0.717) is 19.4 Å². The highest BCUT2D eigenvalue weighted by Crippen LogP contribution is 2.33. The molecule has 0 amide bonds. The highest BCUT2D eigenvalue weighted by molar-refractivity contribution is 9.10. The molecule has 1 heterocycles. The molecule has 1 N–H and O–H groups in total. The fourth-order valence-electron chi connectivity index (χ4n) is 1.32. The van der Waals surface area contributed by atoms with Crippen molar-refractivity contribution in [1.29, 1.82) is 0 Å². The van der Waals surface area contributed by atoms with Gasteiger partial charge in [0.2, 0.25) is 0 Å². The second kappa shape index (κ2) is 5.90. The minimum atomic E-state index is -1.30. The summed E-state index contributed by atoms with van der Waals surface area (Å²) in [4.78, 5) is 15.5. The number of nitrogens with zero attached hydrogens (tertiary/aromatic N) is 1. The van der Waals surface area contributed by atoms with Crippen molar-refractivity contribution in [1.82, 2.24) is 4.98 Å². The van der Waals surface area contributed by atoms with Gasteiger partial charge in [0.15, 0.2) is 0 Å². The average Bonchev–Trinajstić information content (AvgIpc) is 2.34. The summed E-state index contributed by atoms with van der Waals surface area (Å²) >= 11 is 10.3. The van der Waals surface area contributed by atoms with Crippen LogP contribution in [0, 0.1) is 5.82 Å². The lowest BCUT2D eigenvalue weighted by Crippen LogP contribution is -2.00. The summed E-state index contributed by atoms with van der Waals surface area (Å²) in [5, 5.41) is 9.96. The third-order valence-electron chi connectivity index (χ3n) is 2.16. The minimum Gasteiger partial charge on any atom is -0.478 e. The number of benzene rings is 1. The van der Waals surface area contributed by atoms with Crippen LogP contribution in [0.5, 0.6) is 0 Å². The number of carboxylic acid groups (broad SMARTS) is 1. The molecule has 0 aliphatic heterocycles. The fraction of sp³-hybridized carbons (Fsp3) is 0. The number of rotatable bonds is 3. The zero-order valence-electron chi connectivity index (χ0n) is 9.23. The van der Waals surface area contributed by atoms with Crippen molar-refractivity contribution in [3.05, 3.63) is 51.3 Å². The van der Waals surface area contributed by atoms with Crippen molar-refractivity contribution in [3.63, 3.8) is 0 Å². The van der Waals surface area contributed by atoms with E-state index in [1.165, 1.54) is 30.1 Å². The standard InChI is InChI=1S/C12H6BrClFNO2S/c13-9-3-6(14)5-16-11(9)19-7-1-2-10(15)8(4-7)12(17)18/h1-5H,(H,17,18). The van der Waals surface area contributed by atoms with Crippen molar-refractivity contribution >= 4 is 45.3 Å². The van der Waals surface area contributed by atoms with Gasteiger partial charge in [0.25, 0.3) is 0 Å². The number of carboxylic acids is 1. The summed E-state index contributed by atoms with van der Waals surface area (Å²) in [6.45, 7) is 0. The van der Waals surface area contributed by atoms with Gasteiger partial charge in [0, 0.05) is 11.1 Å². The number of aromatic nitrogens is 1. The summed E-state index contributed by atoms with van der Waals surface area (Å²) in [6, 6.07) is 5.56. The molecule has 0 radical (unpaired) electrons. The molecular formula is C12H6BrClFNO2S. The molecule has 0 fully saturated rings. The second-order valence-corrected chi connectivity index (χ2v) is 5.84. The lowest BCUT2D eigenvalue weighted by molar-refractivity contribution is 0.0691. The third kappa shape index (κ3) is 3.46. The van der Waals surface area contributed by atoms with Crippen LogP contribution in [0.15, 0.2) is 44.9 Å². The molecule has 0 saturated carbocycles. The first-order valence-corrected chi connectivity index (χ1v) is 6.98. The summed E-state index contributed by atoms with van der Waals surface area (Å²) < 4.78 is 13.9. The zero-order chi connectivity index (χ0) is 14.0. The highest BCUT2D eigenvalue weighted by atomic mass is 79.9. The van der Waals surface area contributed by atoms with E-state index >= 15 is 0 Å². The monoisotopic (exact) mass is 361 g/mol. The summed E-state index contributed by atoms with van der Waals surface area (Å²) in [5.41, 5.74) is -0.366. The van der Waals surface area contributed by atoms with Crippen LogP contribution in [0.4, 0.5) is 4.39 Å². The Hall–Kier alpha value is -1.11.